The highest BCUT2D eigenvalue weighted by Crippen LogP contribution is 2.30. The van der Waals surface area contributed by atoms with Crippen LogP contribution in [0.4, 0.5) is 0 Å². The number of aliphatic hydroxyl groups is 1. The summed E-state index contributed by atoms with van der Waals surface area (Å²) in [6.07, 6.45) is 5.74. The predicted octanol–water partition coefficient (Wildman–Crippen LogP) is 6.66. The molecular formula is C30H47N3O2S. The van der Waals surface area contributed by atoms with Gasteiger partial charge in [0.15, 0.2) is 0 Å². The molecule has 0 aliphatic rings. The van der Waals surface area contributed by atoms with Crippen molar-refractivity contribution in [2.75, 3.05) is 13.7 Å². The summed E-state index contributed by atoms with van der Waals surface area (Å²) in [6, 6.07) is 10.6. The molecule has 0 bridgehead atoms. The summed E-state index contributed by atoms with van der Waals surface area (Å²) in [5.74, 6) is 0.628. The lowest BCUT2D eigenvalue weighted by Crippen LogP contribution is -2.38. The topological polar surface area (TPSA) is 65.5 Å². The smallest absolute Gasteiger partial charge is 0.270 e. The zero-order valence-corrected chi connectivity index (χ0v) is 24.0. The van der Waals surface area contributed by atoms with Crippen LogP contribution >= 0.6 is 11.3 Å². The van der Waals surface area contributed by atoms with Crippen molar-refractivity contribution in [1.29, 1.82) is 0 Å². The number of thiazole rings is 1. The van der Waals surface area contributed by atoms with Gasteiger partial charge >= 0.3 is 0 Å². The number of nitrogens with zero attached hydrogens (tertiary/aromatic N) is 2. The number of allylic oxidation sites excluding steroid dienone is 1. The molecule has 0 saturated carbocycles. The first-order valence-corrected chi connectivity index (χ1v) is 14.4. The Morgan fingerprint density at radius 1 is 1.17 bits per heavy atom. The highest BCUT2D eigenvalue weighted by atomic mass is 32.1. The maximum atomic E-state index is 13.1. The van der Waals surface area contributed by atoms with Crippen LogP contribution in [0, 0.1) is 11.8 Å². The minimum Gasteiger partial charge on any atom is -0.396 e. The average molecular weight is 514 g/mol. The summed E-state index contributed by atoms with van der Waals surface area (Å²) in [5, 5.41) is 16.1. The number of hydrogen-bond donors (Lipinski definition) is 2. The molecule has 0 radical (unpaired) electrons. The van der Waals surface area contributed by atoms with Crippen molar-refractivity contribution in [3.8, 4) is 0 Å². The van der Waals surface area contributed by atoms with E-state index in [0.717, 1.165) is 49.2 Å². The third-order valence-corrected chi connectivity index (χ3v) is 7.86. The second-order valence-corrected chi connectivity index (χ2v) is 11.7. The van der Waals surface area contributed by atoms with E-state index in [1.165, 1.54) is 16.9 Å². The summed E-state index contributed by atoms with van der Waals surface area (Å²) >= 11 is 1.47. The summed E-state index contributed by atoms with van der Waals surface area (Å²) in [6.45, 7) is 15.3. The van der Waals surface area contributed by atoms with Crippen LogP contribution in [0.2, 0.25) is 0 Å². The molecule has 0 aliphatic heterocycles. The molecule has 0 spiro atoms. The third kappa shape index (κ3) is 9.36. The fraction of sp³-hybridized carbons (Fsp3) is 0.600. The molecule has 2 N–H and O–H groups in total. The van der Waals surface area contributed by atoms with Crippen molar-refractivity contribution in [2.24, 2.45) is 11.8 Å². The van der Waals surface area contributed by atoms with Crippen LogP contribution in [0.5, 0.6) is 0 Å². The second kappa shape index (κ2) is 15.2. The first-order chi connectivity index (χ1) is 17.2. The lowest BCUT2D eigenvalue weighted by Gasteiger charge is -2.36. The average Bonchev–Trinajstić information content (AvgIpc) is 3.33. The van der Waals surface area contributed by atoms with Gasteiger partial charge in [-0.3, -0.25) is 4.79 Å². The van der Waals surface area contributed by atoms with Gasteiger partial charge in [-0.15, -0.1) is 11.3 Å². The van der Waals surface area contributed by atoms with Gasteiger partial charge in [-0.1, -0.05) is 78.0 Å². The van der Waals surface area contributed by atoms with Crippen LogP contribution in [-0.2, 0) is 6.42 Å². The zero-order valence-electron chi connectivity index (χ0n) is 23.2. The maximum absolute atomic E-state index is 13.1. The Labute approximate surface area is 223 Å². The SMILES string of the molecule is C=C(CCCC)N(C)C(CC(CO)c1nc(C(=O)NC(Cc2ccccc2)CC(C)C)cs1)C(C)C. The van der Waals surface area contributed by atoms with Gasteiger partial charge in [0.1, 0.15) is 5.69 Å². The van der Waals surface area contributed by atoms with Crippen LogP contribution < -0.4 is 5.32 Å². The van der Waals surface area contributed by atoms with Crippen LogP contribution in [0.1, 0.15) is 93.7 Å². The number of rotatable bonds is 16. The molecule has 2 rings (SSSR count). The standard InChI is InChI=1S/C30H47N3O2S/c1-8-9-13-23(6)33(7)28(22(4)5)18-25(19-34)30-32-27(20-36-30)29(35)31-26(16-21(2)3)17-24-14-11-10-12-15-24/h10-12,14-15,20-22,25-26,28,34H,6,8-9,13,16-19H2,1-5,7H3,(H,31,35). The van der Waals surface area contributed by atoms with Crippen molar-refractivity contribution >= 4 is 17.2 Å². The Hall–Kier alpha value is -2.18. The first kappa shape index (κ1) is 30.0. The highest BCUT2D eigenvalue weighted by molar-refractivity contribution is 7.09. The molecule has 1 aromatic carbocycles. The summed E-state index contributed by atoms with van der Waals surface area (Å²) in [4.78, 5) is 20.1. The molecule has 5 nitrogen and oxygen atoms in total. The van der Waals surface area contributed by atoms with E-state index in [9.17, 15) is 9.90 Å². The van der Waals surface area contributed by atoms with Crippen LogP contribution in [0.3, 0.4) is 0 Å². The number of unbranched alkanes of at least 4 members (excludes halogenated alkanes) is 1. The largest absolute Gasteiger partial charge is 0.396 e. The van der Waals surface area contributed by atoms with E-state index in [4.69, 9.17) is 4.98 Å². The summed E-state index contributed by atoms with van der Waals surface area (Å²) < 4.78 is 0. The molecule has 0 saturated heterocycles. The highest BCUT2D eigenvalue weighted by Gasteiger charge is 2.27. The Morgan fingerprint density at radius 3 is 2.44 bits per heavy atom. The Morgan fingerprint density at radius 2 is 1.86 bits per heavy atom. The van der Waals surface area contributed by atoms with Crippen LogP contribution in [-0.4, -0.2) is 46.6 Å². The van der Waals surface area contributed by atoms with E-state index < -0.39 is 0 Å². The quantitative estimate of drug-likeness (QED) is 0.263. The Bertz CT molecular complexity index is 925. The molecular weight excluding hydrogens is 466 g/mol. The molecule has 1 heterocycles. The number of benzene rings is 1. The monoisotopic (exact) mass is 513 g/mol. The third-order valence-electron chi connectivity index (χ3n) is 6.85. The van der Waals surface area contributed by atoms with E-state index in [1.54, 1.807) is 0 Å². The molecule has 6 heteroatoms. The molecule has 200 valence electrons. The molecule has 1 amide bonds. The van der Waals surface area contributed by atoms with Gasteiger partial charge in [0, 0.05) is 36.1 Å². The van der Waals surface area contributed by atoms with E-state index >= 15 is 0 Å². The van der Waals surface area contributed by atoms with Gasteiger partial charge in [-0.2, -0.15) is 0 Å². The van der Waals surface area contributed by atoms with Crippen LogP contribution in [0.25, 0.3) is 0 Å². The number of amides is 1. The zero-order chi connectivity index (χ0) is 26.7. The van der Waals surface area contributed by atoms with Crippen LogP contribution in [0.15, 0.2) is 48.0 Å². The first-order valence-electron chi connectivity index (χ1n) is 13.5. The lowest BCUT2D eigenvalue weighted by atomic mass is 9.91. The summed E-state index contributed by atoms with van der Waals surface area (Å²) in [7, 11) is 2.11. The van der Waals surface area contributed by atoms with Gasteiger partial charge in [-0.25, -0.2) is 4.98 Å². The van der Waals surface area contributed by atoms with Gasteiger partial charge in [0.05, 0.1) is 11.6 Å². The van der Waals surface area contributed by atoms with Gasteiger partial charge in [0.25, 0.3) is 5.91 Å². The van der Waals surface area contributed by atoms with Gasteiger partial charge in [-0.05, 0) is 49.5 Å². The van der Waals surface area contributed by atoms with Gasteiger partial charge in [0.2, 0.25) is 0 Å². The second-order valence-electron chi connectivity index (χ2n) is 10.8. The normalized spacial score (nSPS) is 14.0. The molecule has 1 aromatic heterocycles. The Kier molecular flexibility index (Phi) is 12.7. The maximum Gasteiger partial charge on any atom is 0.270 e. The van der Waals surface area contributed by atoms with E-state index in [2.05, 4.69) is 70.6 Å². The number of nitrogens with one attached hydrogen (secondary N) is 1. The minimum atomic E-state index is -0.138. The van der Waals surface area contributed by atoms with Crippen molar-refractivity contribution in [2.45, 2.75) is 91.1 Å². The molecule has 3 atom stereocenters. The molecule has 0 aliphatic carbocycles. The predicted molar refractivity (Wildman–Crippen MR) is 152 cm³/mol. The number of aromatic nitrogens is 1. The number of aliphatic hydroxyl groups excluding tert-OH is 1. The molecule has 36 heavy (non-hydrogen) atoms. The minimum absolute atomic E-state index is 0.0110. The molecule has 0 fully saturated rings. The fourth-order valence-corrected chi connectivity index (χ4v) is 5.62. The fourth-order valence-electron chi connectivity index (χ4n) is 4.71. The van der Waals surface area contributed by atoms with Gasteiger partial charge < -0.3 is 15.3 Å². The van der Waals surface area contributed by atoms with Crippen molar-refractivity contribution in [1.82, 2.24) is 15.2 Å². The molecule has 2 aromatic rings. The van der Waals surface area contributed by atoms with Crippen molar-refractivity contribution in [3.05, 3.63) is 64.3 Å². The van der Waals surface area contributed by atoms with E-state index in [-0.39, 0.29) is 30.5 Å². The number of carbonyl (C=O) groups excluding carboxylic acids is 1. The van der Waals surface area contributed by atoms with Crippen molar-refractivity contribution in [3.63, 3.8) is 0 Å². The number of carbonyl (C=O) groups is 1. The number of hydrogen-bond acceptors (Lipinski definition) is 5. The Balaban J connectivity index is 2.10. The summed E-state index contributed by atoms with van der Waals surface area (Å²) in [5.41, 5.74) is 2.80. The molecule has 3 unspecified atom stereocenters. The van der Waals surface area contributed by atoms with E-state index in [0.29, 0.717) is 17.5 Å². The van der Waals surface area contributed by atoms with E-state index in [1.807, 2.05) is 23.6 Å². The van der Waals surface area contributed by atoms with Crippen molar-refractivity contribution < 1.29 is 9.90 Å². The lowest BCUT2D eigenvalue weighted by molar-refractivity contribution is 0.0927.